The zero-order valence-corrected chi connectivity index (χ0v) is 21.2. The van der Waals surface area contributed by atoms with E-state index in [0.29, 0.717) is 17.7 Å². The average Bonchev–Trinajstić information content (AvgIpc) is 3.40. The van der Waals surface area contributed by atoms with Crippen molar-refractivity contribution in [3.05, 3.63) is 35.5 Å². The van der Waals surface area contributed by atoms with Gasteiger partial charge in [-0.2, -0.15) is 11.8 Å². The van der Waals surface area contributed by atoms with Crippen LogP contribution in [0.5, 0.6) is 5.75 Å². The van der Waals surface area contributed by atoms with Crippen LogP contribution in [0.25, 0.3) is 10.9 Å². The first-order valence-corrected chi connectivity index (χ1v) is 13.8. The van der Waals surface area contributed by atoms with E-state index in [1.165, 1.54) is 31.4 Å². The number of piperidine rings is 1. The van der Waals surface area contributed by atoms with Gasteiger partial charge >= 0.3 is 0 Å². The topological polar surface area (TPSA) is 86.0 Å². The summed E-state index contributed by atoms with van der Waals surface area (Å²) in [4.78, 5) is 6.97. The Morgan fingerprint density at radius 1 is 1.21 bits per heavy atom. The van der Waals surface area contributed by atoms with Crippen molar-refractivity contribution in [1.82, 2.24) is 9.88 Å². The van der Waals surface area contributed by atoms with Gasteiger partial charge in [0.1, 0.15) is 5.75 Å². The summed E-state index contributed by atoms with van der Waals surface area (Å²) < 4.78 is 5.37. The molecule has 1 aromatic carbocycles. The fourth-order valence-electron chi connectivity index (χ4n) is 5.61. The molecule has 4 rings (SSSR count). The quantitative estimate of drug-likeness (QED) is 0.435. The van der Waals surface area contributed by atoms with E-state index in [9.17, 15) is 15.3 Å². The zero-order valence-electron chi connectivity index (χ0n) is 20.4. The third-order valence-corrected chi connectivity index (χ3v) is 9.33. The molecule has 6 nitrogen and oxygen atoms in total. The van der Waals surface area contributed by atoms with Crippen LogP contribution in [0, 0.1) is 5.41 Å². The fourth-order valence-corrected chi connectivity index (χ4v) is 6.97. The summed E-state index contributed by atoms with van der Waals surface area (Å²) in [7, 11) is 1.62. The number of hydrogen-bond acceptors (Lipinski definition) is 7. The van der Waals surface area contributed by atoms with E-state index in [1.807, 2.05) is 18.2 Å². The molecule has 0 spiro atoms. The molecular weight excluding hydrogens is 448 g/mol. The monoisotopic (exact) mass is 488 g/mol. The second-order valence-corrected chi connectivity index (χ2v) is 11.5. The maximum absolute atomic E-state index is 11.2. The lowest BCUT2D eigenvalue weighted by molar-refractivity contribution is 0.0252. The van der Waals surface area contributed by atoms with Gasteiger partial charge in [-0.25, -0.2) is 0 Å². The second kappa shape index (κ2) is 12.0. The molecule has 1 aliphatic carbocycles. The molecule has 2 aromatic rings. The van der Waals surface area contributed by atoms with E-state index in [4.69, 9.17) is 4.74 Å². The minimum atomic E-state index is -0.732. The Kier molecular flexibility index (Phi) is 9.10. The minimum absolute atomic E-state index is 0.143. The van der Waals surface area contributed by atoms with Crippen LogP contribution in [0.4, 0.5) is 0 Å². The standard InChI is InChI=1S/C27H40N2O4S/c1-33-21-6-7-24-23(16-21)26(20(18-30)17-28-24)25(32)8-9-27(19-31)10-12-29(13-11-27)14-15-34-22-4-2-3-5-22/h6-7,16-17,22,25,30-32H,2-5,8-15,18-19H2,1H3. The largest absolute Gasteiger partial charge is 0.497 e. The van der Waals surface area contributed by atoms with Crippen LogP contribution in [0.3, 0.4) is 0 Å². The highest BCUT2D eigenvalue weighted by Crippen LogP contribution is 2.40. The number of likely N-dealkylation sites (tertiary alicyclic amines) is 1. The summed E-state index contributed by atoms with van der Waals surface area (Å²) >= 11 is 2.14. The number of rotatable bonds is 11. The van der Waals surface area contributed by atoms with E-state index >= 15 is 0 Å². The number of aliphatic hydroxyl groups excluding tert-OH is 3. The van der Waals surface area contributed by atoms with E-state index in [2.05, 4.69) is 21.6 Å². The van der Waals surface area contributed by atoms with Gasteiger partial charge in [-0.3, -0.25) is 4.98 Å². The van der Waals surface area contributed by atoms with Crippen molar-refractivity contribution in [1.29, 1.82) is 0 Å². The van der Waals surface area contributed by atoms with Crippen LogP contribution in [-0.4, -0.2) is 69.6 Å². The van der Waals surface area contributed by atoms with Gasteiger partial charge in [0.15, 0.2) is 0 Å². The number of aromatic nitrogens is 1. The first kappa shape index (κ1) is 25.7. The van der Waals surface area contributed by atoms with Crippen molar-refractivity contribution in [3.8, 4) is 5.75 Å². The number of methoxy groups -OCH3 is 1. The number of thioether (sulfide) groups is 1. The van der Waals surface area contributed by atoms with E-state index in [0.717, 1.165) is 60.6 Å². The van der Waals surface area contributed by atoms with Gasteiger partial charge in [0, 0.05) is 41.3 Å². The summed E-state index contributed by atoms with van der Waals surface area (Å²) in [5, 5.41) is 33.1. The number of aliphatic hydroxyl groups is 3. The molecule has 3 N–H and O–H groups in total. The lowest BCUT2D eigenvalue weighted by Gasteiger charge is -2.41. The SMILES string of the molecule is COc1ccc2ncc(CO)c(C(O)CCC3(CO)CCN(CCSC4CCCC4)CC3)c2c1. The molecule has 1 saturated heterocycles. The lowest BCUT2D eigenvalue weighted by atomic mass is 9.74. The number of hydrogen-bond donors (Lipinski definition) is 3. The molecule has 1 saturated carbocycles. The molecule has 2 fully saturated rings. The van der Waals surface area contributed by atoms with Crippen molar-refractivity contribution < 1.29 is 20.1 Å². The van der Waals surface area contributed by atoms with Gasteiger partial charge in [0.25, 0.3) is 0 Å². The first-order valence-electron chi connectivity index (χ1n) is 12.8. The Bertz CT molecular complexity index is 921. The molecule has 1 aromatic heterocycles. The van der Waals surface area contributed by atoms with Gasteiger partial charge in [0.2, 0.25) is 0 Å². The Labute approximate surface area is 207 Å². The number of fused-ring (bicyclic) bond motifs is 1. The molecule has 0 radical (unpaired) electrons. The molecule has 1 unspecified atom stereocenters. The van der Waals surface area contributed by atoms with Gasteiger partial charge in [-0.15, -0.1) is 0 Å². The highest BCUT2D eigenvalue weighted by atomic mass is 32.2. The summed E-state index contributed by atoms with van der Waals surface area (Å²) in [5.74, 6) is 1.90. The first-order chi connectivity index (χ1) is 16.6. The fraction of sp³-hybridized carbons (Fsp3) is 0.667. The van der Waals surface area contributed by atoms with Crippen LogP contribution in [0.2, 0.25) is 0 Å². The number of nitrogens with zero attached hydrogens (tertiary/aromatic N) is 2. The summed E-state index contributed by atoms with van der Waals surface area (Å²) in [6.07, 6.45) is 9.71. The molecule has 0 bridgehead atoms. The number of benzene rings is 1. The van der Waals surface area contributed by atoms with Crippen molar-refractivity contribution in [3.63, 3.8) is 0 Å². The van der Waals surface area contributed by atoms with Gasteiger partial charge < -0.3 is 25.0 Å². The highest BCUT2D eigenvalue weighted by molar-refractivity contribution is 7.99. The average molecular weight is 489 g/mol. The van der Waals surface area contributed by atoms with E-state index < -0.39 is 6.10 Å². The molecular formula is C27H40N2O4S. The Balaban J connectivity index is 1.36. The molecule has 1 atom stereocenters. The van der Waals surface area contributed by atoms with Crippen LogP contribution in [-0.2, 0) is 6.61 Å². The third-order valence-electron chi connectivity index (χ3n) is 7.97. The van der Waals surface area contributed by atoms with Crippen molar-refractivity contribution in [2.75, 3.05) is 39.1 Å². The van der Waals surface area contributed by atoms with Crippen LogP contribution >= 0.6 is 11.8 Å². The predicted molar refractivity (Wildman–Crippen MR) is 138 cm³/mol. The maximum atomic E-state index is 11.2. The Morgan fingerprint density at radius 2 is 1.97 bits per heavy atom. The lowest BCUT2D eigenvalue weighted by Crippen LogP contribution is -2.43. The number of ether oxygens (including phenoxy) is 1. The van der Waals surface area contributed by atoms with E-state index in [1.54, 1.807) is 13.3 Å². The van der Waals surface area contributed by atoms with Crippen molar-refractivity contribution in [2.24, 2.45) is 5.41 Å². The molecule has 188 valence electrons. The number of pyridine rings is 1. The normalized spacial score (nSPS) is 20.1. The molecule has 7 heteroatoms. The summed E-state index contributed by atoms with van der Waals surface area (Å²) in [6, 6.07) is 5.61. The van der Waals surface area contributed by atoms with E-state index in [-0.39, 0.29) is 18.6 Å². The smallest absolute Gasteiger partial charge is 0.119 e. The Morgan fingerprint density at radius 3 is 2.65 bits per heavy atom. The molecule has 2 heterocycles. The van der Waals surface area contributed by atoms with Crippen LogP contribution in [0.15, 0.2) is 24.4 Å². The van der Waals surface area contributed by atoms with Gasteiger partial charge in [-0.1, -0.05) is 12.8 Å². The molecule has 34 heavy (non-hydrogen) atoms. The highest BCUT2D eigenvalue weighted by Gasteiger charge is 2.34. The van der Waals surface area contributed by atoms with Gasteiger partial charge in [0.05, 0.1) is 25.3 Å². The Hall–Kier alpha value is -1.38. The molecule has 2 aliphatic rings. The third kappa shape index (κ3) is 6.05. The summed E-state index contributed by atoms with van der Waals surface area (Å²) in [6.45, 7) is 3.14. The van der Waals surface area contributed by atoms with Crippen molar-refractivity contribution in [2.45, 2.75) is 69.3 Å². The van der Waals surface area contributed by atoms with Crippen LogP contribution in [0.1, 0.15) is 68.6 Å². The predicted octanol–water partition coefficient (Wildman–Crippen LogP) is 4.30. The zero-order chi connectivity index (χ0) is 24.0. The van der Waals surface area contributed by atoms with Crippen molar-refractivity contribution >= 4 is 22.7 Å². The van der Waals surface area contributed by atoms with Gasteiger partial charge in [-0.05, 0) is 80.8 Å². The van der Waals surface area contributed by atoms with Crippen LogP contribution < -0.4 is 4.74 Å². The maximum Gasteiger partial charge on any atom is 0.119 e. The minimum Gasteiger partial charge on any atom is -0.497 e. The molecule has 0 amide bonds. The molecule has 1 aliphatic heterocycles. The summed E-state index contributed by atoms with van der Waals surface area (Å²) in [5.41, 5.74) is 1.99. The second-order valence-electron chi connectivity index (χ2n) is 10.1.